The Morgan fingerprint density at radius 2 is 2.00 bits per heavy atom. The normalized spacial score (nSPS) is 21.7. The van der Waals surface area contributed by atoms with Crippen LogP contribution in [-0.2, 0) is 6.54 Å². The number of imidazole rings is 1. The first kappa shape index (κ1) is 17.7. The molecule has 0 aliphatic heterocycles. The van der Waals surface area contributed by atoms with Crippen LogP contribution in [0.4, 0.5) is 0 Å². The van der Waals surface area contributed by atoms with Crippen LogP contribution in [0.3, 0.4) is 0 Å². The molecular formula is C20H23N3O4. The maximum atomic E-state index is 13.0. The zero-order valence-corrected chi connectivity index (χ0v) is 15.4. The van der Waals surface area contributed by atoms with E-state index in [1.54, 1.807) is 19.4 Å². The summed E-state index contributed by atoms with van der Waals surface area (Å²) in [5.74, 6) is -0.722. The van der Waals surface area contributed by atoms with E-state index in [1.165, 1.54) is 0 Å². The third kappa shape index (κ3) is 3.11. The fraction of sp³-hybridized carbons (Fsp3) is 0.500. The van der Waals surface area contributed by atoms with Crippen LogP contribution in [0.15, 0.2) is 23.1 Å². The average Bonchev–Trinajstić information content (AvgIpc) is 3.31. The SMILES string of the molecule is Cc1oc2c(c1C(=O)NCCCn1ccnc1)C(=O)C1CCCCC1C2=O. The molecular weight excluding hydrogens is 346 g/mol. The van der Waals surface area contributed by atoms with Crippen LogP contribution in [0.25, 0.3) is 0 Å². The minimum atomic E-state index is -0.349. The molecule has 4 rings (SSSR count). The van der Waals surface area contributed by atoms with Crippen molar-refractivity contribution in [3.05, 3.63) is 41.4 Å². The van der Waals surface area contributed by atoms with Gasteiger partial charge < -0.3 is 14.3 Å². The number of Topliss-reactive ketones (excluding diaryl/α,β-unsaturated/α-hetero) is 2. The second-order valence-corrected chi connectivity index (χ2v) is 7.37. The lowest BCUT2D eigenvalue weighted by molar-refractivity contribution is 0.0652. The van der Waals surface area contributed by atoms with E-state index in [9.17, 15) is 14.4 Å². The highest BCUT2D eigenvalue weighted by Gasteiger charge is 2.47. The Labute approximate surface area is 157 Å². The monoisotopic (exact) mass is 369 g/mol. The molecule has 2 aromatic rings. The minimum absolute atomic E-state index is 0.0872. The number of aromatic nitrogens is 2. The zero-order chi connectivity index (χ0) is 19.0. The van der Waals surface area contributed by atoms with Gasteiger partial charge in [-0.1, -0.05) is 12.8 Å². The van der Waals surface area contributed by atoms with Crippen LogP contribution in [0.2, 0.25) is 0 Å². The second-order valence-electron chi connectivity index (χ2n) is 7.37. The molecule has 2 atom stereocenters. The van der Waals surface area contributed by atoms with E-state index in [-0.39, 0.29) is 46.2 Å². The van der Waals surface area contributed by atoms with Gasteiger partial charge in [-0.25, -0.2) is 4.98 Å². The van der Waals surface area contributed by atoms with Gasteiger partial charge in [-0.15, -0.1) is 0 Å². The maximum Gasteiger partial charge on any atom is 0.255 e. The van der Waals surface area contributed by atoms with Crippen molar-refractivity contribution >= 4 is 17.5 Å². The van der Waals surface area contributed by atoms with Gasteiger partial charge in [0.1, 0.15) is 5.76 Å². The molecule has 2 unspecified atom stereocenters. The Kier molecular flexibility index (Phi) is 4.68. The summed E-state index contributed by atoms with van der Waals surface area (Å²) in [6.45, 7) is 2.84. The Morgan fingerprint density at radius 1 is 1.26 bits per heavy atom. The number of fused-ring (bicyclic) bond motifs is 2. The van der Waals surface area contributed by atoms with Gasteiger partial charge in [0.05, 0.1) is 17.5 Å². The van der Waals surface area contributed by atoms with E-state index in [2.05, 4.69) is 10.3 Å². The summed E-state index contributed by atoms with van der Waals surface area (Å²) in [5.41, 5.74) is 0.433. The molecule has 1 amide bonds. The highest BCUT2D eigenvalue weighted by molar-refractivity contribution is 6.19. The van der Waals surface area contributed by atoms with Crippen molar-refractivity contribution in [3.8, 4) is 0 Å². The third-order valence-electron chi connectivity index (χ3n) is 5.66. The molecule has 2 aliphatic carbocycles. The zero-order valence-electron chi connectivity index (χ0n) is 15.4. The van der Waals surface area contributed by atoms with Crippen molar-refractivity contribution in [1.29, 1.82) is 0 Å². The average molecular weight is 369 g/mol. The molecule has 1 N–H and O–H groups in total. The van der Waals surface area contributed by atoms with Crippen molar-refractivity contribution in [2.75, 3.05) is 6.54 Å². The summed E-state index contributed by atoms with van der Waals surface area (Å²) in [6.07, 6.45) is 9.38. The van der Waals surface area contributed by atoms with Gasteiger partial charge in [0.25, 0.3) is 5.91 Å². The van der Waals surface area contributed by atoms with Gasteiger partial charge >= 0.3 is 0 Å². The molecule has 0 radical (unpaired) electrons. The highest BCUT2D eigenvalue weighted by atomic mass is 16.4. The Balaban J connectivity index is 1.51. The topological polar surface area (TPSA) is 94.2 Å². The Morgan fingerprint density at radius 3 is 2.70 bits per heavy atom. The van der Waals surface area contributed by atoms with Crippen LogP contribution in [0.1, 0.15) is 69.1 Å². The van der Waals surface area contributed by atoms with E-state index in [1.807, 2.05) is 10.8 Å². The van der Waals surface area contributed by atoms with Crippen molar-refractivity contribution in [1.82, 2.24) is 14.9 Å². The lowest BCUT2D eigenvalue weighted by Gasteiger charge is -2.32. The summed E-state index contributed by atoms with van der Waals surface area (Å²) >= 11 is 0. The third-order valence-corrected chi connectivity index (χ3v) is 5.66. The molecule has 0 bridgehead atoms. The van der Waals surface area contributed by atoms with Crippen molar-refractivity contribution in [2.45, 2.75) is 45.6 Å². The van der Waals surface area contributed by atoms with Crippen molar-refractivity contribution < 1.29 is 18.8 Å². The van der Waals surface area contributed by atoms with E-state index in [0.717, 1.165) is 32.2 Å². The van der Waals surface area contributed by atoms with Gasteiger partial charge in [0, 0.05) is 37.3 Å². The van der Waals surface area contributed by atoms with Gasteiger partial charge in [-0.3, -0.25) is 14.4 Å². The van der Waals surface area contributed by atoms with Gasteiger partial charge in [-0.2, -0.15) is 0 Å². The lowest BCUT2D eigenvalue weighted by atomic mass is 9.68. The molecule has 142 valence electrons. The molecule has 2 aromatic heterocycles. The number of carbonyl (C=O) groups is 3. The molecule has 7 nitrogen and oxygen atoms in total. The molecule has 2 aliphatic rings. The molecule has 1 fully saturated rings. The van der Waals surface area contributed by atoms with E-state index in [4.69, 9.17) is 4.42 Å². The van der Waals surface area contributed by atoms with Crippen LogP contribution < -0.4 is 5.32 Å². The standard InChI is InChI=1S/C20H23N3O4/c1-12-15(20(26)22-7-4-9-23-10-8-21-11-23)16-17(24)13-5-2-3-6-14(13)18(25)19(16)27-12/h8,10-11,13-14H,2-7,9H2,1H3,(H,22,26). The highest BCUT2D eigenvalue weighted by Crippen LogP contribution is 2.42. The number of hydrogen-bond acceptors (Lipinski definition) is 5. The first-order chi connectivity index (χ1) is 13.1. The van der Waals surface area contributed by atoms with Crippen LogP contribution in [0, 0.1) is 18.8 Å². The fourth-order valence-electron chi connectivity index (χ4n) is 4.31. The molecule has 2 heterocycles. The number of furan rings is 1. The summed E-state index contributed by atoms with van der Waals surface area (Å²) in [5, 5.41) is 2.85. The summed E-state index contributed by atoms with van der Waals surface area (Å²) in [7, 11) is 0. The van der Waals surface area contributed by atoms with Gasteiger partial charge in [0.15, 0.2) is 11.5 Å². The number of nitrogens with zero attached hydrogens (tertiary/aromatic N) is 2. The van der Waals surface area contributed by atoms with E-state index < -0.39 is 0 Å². The van der Waals surface area contributed by atoms with Gasteiger partial charge in [-0.05, 0) is 26.2 Å². The summed E-state index contributed by atoms with van der Waals surface area (Å²) in [6, 6.07) is 0. The first-order valence-electron chi connectivity index (χ1n) is 9.53. The quantitative estimate of drug-likeness (QED) is 0.818. The van der Waals surface area contributed by atoms with Crippen LogP contribution >= 0.6 is 0 Å². The summed E-state index contributed by atoms with van der Waals surface area (Å²) in [4.78, 5) is 42.5. The van der Waals surface area contributed by atoms with Crippen LogP contribution in [0.5, 0.6) is 0 Å². The van der Waals surface area contributed by atoms with E-state index in [0.29, 0.717) is 18.7 Å². The number of nitrogens with one attached hydrogen (secondary N) is 1. The number of ketones is 2. The second kappa shape index (κ2) is 7.13. The maximum absolute atomic E-state index is 13.0. The first-order valence-corrected chi connectivity index (χ1v) is 9.53. The molecule has 1 saturated carbocycles. The van der Waals surface area contributed by atoms with Crippen molar-refractivity contribution in [3.63, 3.8) is 0 Å². The van der Waals surface area contributed by atoms with Crippen LogP contribution in [-0.4, -0.2) is 33.6 Å². The van der Waals surface area contributed by atoms with Crippen molar-refractivity contribution in [2.24, 2.45) is 11.8 Å². The molecule has 0 saturated heterocycles. The van der Waals surface area contributed by atoms with Gasteiger partial charge in [0.2, 0.25) is 5.78 Å². The fourth-order valence-corrected chi connectivity index (χ4v) is 4.31. The lowest BCUT2D eigenvalue weighted by Crippen LogP contribution is -2.39. The Bertz CT molecular complexity index is 881. The molecule has 7 heteroatoms. The summed E-state index contributed by atoms with van der Waals surface area (Å²) < 4.78 is 7.54. The largest absolute Gasteiger partial charge is 0.457 e. The molecule has 27 heavy (non-hydrogen) atoms. The predicted molar refractivity (Wildman–Crippen MR) is 96.7 cm³/mol. The number of carbonyl (C=O) groups excluding carboxylic acids is 3. The molecule has 0 spiro atoms. The molecule has 0 aromatic carbocycles. The number of aryl methyl sites for hydroxylation is 2. The predicted octanol–water partition coefficient (Wildman–Crippen LogP) is 2.79. The smallest absolute Gasteiger partial charge is 0.255 e. The van der Waals surface area contributed by atoms with E-state index >= 15 is 0 Å². The number of hydrogen-bond donors (Lipinski definition) is 1. The Hall–Kier alpha value is -2.70. The number of rotatable bonds is 5. The number of amides is 1. The minimum Gasteiger partial charge on any atom is -0.457 e.